The van der Waals surface area contributed by atoms with Crippen LogP contribution >= 0.6 is 0 Å². The minimum absolute atomic E-state index is 0.0000119. The summed E-state index contributed by atoms with van der Waals surface area (Å²) in [4.78, 5) is 72.6. The van der Waals surface area contributed by atoms with Gasteiger partial charge in [-0.05, 0) is 114 Å². The van der Waals surface area contributed by atoms with Crippen molar-refractivity contribution < 1.29 is 72.5 Å². The normalized spacial score (nSPS) is 36.5. The van der Waals surface area contributed by atoms with Gasteiger partial charge in [0.1, 0.15) is 30.1 Å². The summed E-state index contributed by atoms with van der Waals surface area (Å²) in [5.41, 5.74) is 1.25. The van der Waals surface area contributed by atoms with Gasteiger partial charge in [0, 0.05) is 58.0 Å². The van der Waals surface area contributed by atoms with Gasteiger partial charge in [0.2, 0.25) is 5.79 Å². The van der Waals surface area contributed by atoms with Crippen molar-refractivity contribution in [2.75, 3.05) is 53.8 Å². The minimum Gasteiger partial charge on any atom is -0.460 e. The van der Waals surface area contributed by atoms with Crippen LogP contribution in [-0.4, -0.2) is 158 Å². The predicted molar refractivity (Wildman–Crippen MR) is 271 cm³/mol. The zero-order chi connectivity index (χ0) is 53.1. The van der Waals surface area contributed by atoms with Crippen LogP contribution in [0, 0.1) is 35.5 Å². The number of piperidine rings is 1. The van der Waals surface area contributed by atoms with Crippen LogP contribution in [0.2, 0.25) is 0 Å². The molecule has 72 heavy (non-hydrogen) atoms. The summed E-state index contributed by atoms with van der Waals surface area (Å²) in [5.74, 6) is -8.09. The number of ether oxygens (including phenoxy) is 7. The lowest BCUT2D eigenvalue weighted by Gasteiger charge is -2.43. The lowest BCUT2D eigenvalue weighted by molar-refractivity contribution is -0.266. The second kappa shape index (κ2) is 30.2. The number of Topliss-reactive ketones (excluding diaryl/α,β-unsaturated/α-hetero) is 3. The largest absolute Gasteiger partial charge is 0.460 e. The van der Waals surface area contributed by atoms with Gasteiger partial charge >= 0.3 is 5.97 Å². The van der Waals surface area contributed by atoms with Crippen molar-refractivity contribution in [1.82, 2.24) is 4.90 Å². The number of hydrogen-bond donors (Lipinski definition) is 3. The molecule has 2 saturated heterocycles. The molecular formula is C56H89NO15. The number of aliphatic hydroxyl groups excluding tert-OH is 2. The highest BCUT2D eigenvalue weighted by Crippen LogP contribution is 2.38. The van der Waals surface area contributed by atoms with Crippen molar-refractivity contribution in [1.29, 1.82) is 0 Å². The second-order valence-electron chi connectivity index (χ2n) is 21.0. The van der Waals surface area contributed by atoms with E-state index < -0.39 is 77.8 Å². The van der Waals surface area contributed by atoms with Gasteiger partial charge in [0.25, 0.3) is 11.7 Å². The predicted octanol–water partition coefficient (Wildman–Crippen LogP) is 6.60. The molecule has 0 radical (unpaired) electrons. The third-order valence-electron chi connectivity index (χ3n) is 15.3. The fraction of sp³-hybridized carbons (Fsp3) is 0.768. The first-order valence-electron chi connectivity index (χ1n) is 26.7. The molecule has 3 fully saturated rings. The number of carbonyl (C=O) groups excluding carboxylic acids is 5. The Morgan fingerprint density at radius 3 is 2.29 bits per heavy atom. The number of hydrogen-bond acceptors (Lipinski definition) is 15. The first kappa shape index (κ1) is 61.1. The lowest BCUT2D eigenvalue weighted by atomic mass is 9.78. The average molecular weight is 1020 g/mol. The van der Waals surface area contributed by atoms with E-state index in [1.165, 1.54) is 12.0 Å². The van der Waals surface area contributed by atoms with Gasteiger partial charge in [0.15, 0.2) is 5.78 Å². The maximum Gasteiger partial charge on any atom is 0.329 e. The number of ketones is 3. The molecule has 0 aromatic rings. The van der Waals surface area contributed by atoms with Gasteiger partial charge in [-0.3, -0.25) is 19.2 Å². The van der Waals surface area contributed by atoms with Crippen molar-refractivity contribution in [2.45, 2.75) is 187 Å². The van der Waals surface area contributed by atoms with Crippen molar-refractivity contribution in [3.05, 3.63) is 47.6 Å². The molecule has 16 heteroatoms. The van der Waals surface area contributed by atoms with E-state index in [2.05, 4.69) is 0 Å². The topological polar surface area (TPSA) is 214 Å². The number of carbonyl (C=O) groups is 5. The number of esters is 1. The zero-order valence-corrected chi connectivity index (χ0v) is 45.0. The van der Waals surface area contributed by atoms with E-state index in [0.29, 0.717) is 76.8 Å². The Labute approximate surface area is 429 Å². The quantitative estimate of drug-likeness (QED) is 0.0767. The van der Waals surface area contributed by atoms with Gasteiger partial charge in [-0.15, -0.1) is 0 Å². The Morgan fingerprint density at radius 1 is 0.847 bits per heavy atom. The van der Waals surface area contributed by atoms with E-state index in [0.717, 1.165) is 12.0 Å². The molecule has 16 nitrogen and oxygen atoms in total. The molecule has 0 unspecified atom stereocenters. The Bertz CT molecular complexity index is 1880. The smallest absolute Gasteiger partial charge is 0.329 e. The molecule has 3 aliphatic heterocycles. The van der Waals surface area contributed by atoms with Gasteiger partial charge in [-0.1, -0.05) is 71.1 Å². The SMILES string of the molecule is CCOCCO[C@@H]1C[C@@H]2CC[C@@H](C)[C@@](O)(O2)C(=O)C(=O)N2CCCC[C@H]2C(=O)O[C@H]([C@H](C)C[C@@H]2CC[C@@H](OCCO)[C@H](OC)C2)CC(=O)[C@H](C)/C=C(\C)[C@@H](O)[C@@H](OC)C(=O)[C@H](C)C[C@H](C)/C=C/C=CC=C1C. The van der Waals surface area contributed by atoms with Crippen molar-refractivity contribution in [3.63, 3.8) is 0 Å². The molecule has 1 saturated carbocycles. The van der Waals surface area contributed by atoms with Gasteiger partial charge in [-0.25, -0.2) is 4.79 Å². The summed E-state index contributed by atoms with van der Waals surface area (Å²) in [5, 5.41) is 33.0. The van der Waals surface area contributed by atoms with Crippen molar-refractivity contribution in [3.8, 4) is 0 Å². The number of nitrogens with zero attached hydrogens (tertiary/aromatic N) is 1. The Hall–Kier alpha value is -3.45. The third kappa shape index (κ3) is 17.3. The number of allylic oxidation sites excluding steroid dienone is 6. The van der Waals surface area contributed by atoms with Crippen LogP contribution in [0.15, 0.2) is 47.6 Å². The highest BCUT2D eigenvalue weighted by molar-refractivity contribution is 6.39. The van der Waals surface area contributed by atoms with Gasteiger partial charge < -0.3 is 53.4 Å². The van der Waals surface area contributed by atoms with E-state index in [-0.39, 0.29) is 80.5 Å². The van der Waals surface area contributed by atoms with E-state index >= 15 is 0 Å². The summed E-state index contributed by atoms with van der Waals surface area (Å²) in [6, 6.07) is -1.16. The molecule has 0 aromatic heterocycles. The highest BCUT2D eigenvalue weighted by atomic mass is 16.6. The van der Waals surface area contributed by atoms with E-state index in [9.17, 15) is 39.3 Å². The van der Waals surface area contributed by atoms with Crippen LogP contribution in [-0.2, 0) is 57.1 Å². The van der Waals surface area contributed by atoms with Crippen LogP contribution in [0.4, 0.5) is 0 Å². The van der Waals surface area contributed by atoms with Crippen LogP contribution in [0.25, 0.3) is 0 Å². The monoisotopic (exact) mass is 1020 g/mol. The first-order chi connectivity index (χ1) is 34.3. The van der Waals surface area contributed by atoms with Gasteiger partial charge in [-0.2, -0.15) is 0 Å². The second-order valence-corrected chi connectivity index (χ2v) is 21.0. The number of cyclic esters (lactones) is 1. The fourth-order valence-corrected chi connectivity index (χ4v) is 10.8. The number of amides is 1. The van der Waals surface area contributed by atoms with Crippen LogP contribution in [0.1, 0.15) is 132 Å². The molecule has 4 rings (SSSR count). The summed E-state index contributed by atoms with van der Waals surface area (Å²) in [7, 11) is 3.01. The first-order valence-corrected chi connectivity index (χ1v) is 26.7. The number of fused-ring (bicyclic) bond motifs is 3. The Morgan fingerprint density at radius 2 is 1.60 bits per heavy atom. The summed E-state index contributed by atoms with van der Waals surface area (Å²) < 4.78 is 41.7. The van der Waals surface area contributed by atoms with Crippen LogP contribution in [0.5, 0.6) is 0 Å². The van der Waals surface area contributed by atoms with Crippen molar-refractivity contribution in [2.24, 2.45) is 35.5 Å². The fourth-order valence-electron chi connectivity index (χ4n) is 10.8. The molecule has 15 atom stereocenters. The molecule has 0 aromatic carbocycles. The molecule has 1 aliphatic carbocycles. The van der Waals surface area contributed by atoms with E-state index in [4.69, 9.17) is 33.2 Å². The van der Waals surface area contributed by atoms with E-state index in [1.807, 2.05) is 65.0 Å². The molecule has 408 valence electrons. The lowest BCUT2D eigenvalue weighted by Crippen LogP contribution is -2.61. The Kier molecular flexibility index (Phi) is 25.6. The van der Waals surface area contributed by atoms with Crippen LogP contribution < -0.4 is 0 Å². The molecule has 4 aliphatic rings. The number of methoxy groups -OCH3 is 2. The number of rotatable bonds is 13. The molecule has 1 amide bonds. The highest BCUT2D eigenvalue weighted by Gasteiger charge is 2.53. The summed E-state index contributed by atoms with van der Waals surface area (Å²) in [6.07, 6.45) is 11.7. The molecule has 0 spiro atoms. The summed E-state index contributed by atoms with van der Waals surface area (Å²) in [6.45, 7) is 16.0. The van der Waals surface area contributed by atoms with Crippen molar-refractivity contribution >= 4 is 29.2 Å². The molecule has 3 heterocycles. The molecule has 2 bridgehead atoms. The maximum atomic E-state index is 14.5. The summed E-state index contributed by atoms with van der Waals surface area (Å²) >= 11 is 0. The van der Waals surface area contributed by atoms with Crippen LogP contribution in [0.3, 0.4) is 0 Å². The minimum atomic E-state index is -2.46. The third-order valence-corrected chi connectivity index (χ3v) is 15.3. The van der Waals surface area contributed by atoms with E-state index in [1.54, 1.807) is 34.0 Å². The number of aliphatic hydroxyl groups is 3. The molecular weight excluding hydrogens is 927 g/mol. The molecule has 3 N–H and O–H groups in total. The zero-order valence-electron chi connectivity index (χ0n) is 45.0. The van der Waals surface area contributed by atoms with Gasteiger partial charge in [0.05, 0.1) is 50.8 Å². The standard InChI is InChI=1S/C56H89NO15/c1-11-68-27-28-70-47-33-43-22-20-41(8)56(65,72-43)53(62)54(63)57-24-16-15-19-44(57)55(64)71-48(38(5)31-42-21-23-46(69-26-25-58)49(32-42)66-9)34-45(59)37(4)30-40(7)51(61)52(67-10)50(60)39(6)29-35(2)17-13-12-14-18-36(47)3/h12-14,17-18,30,35,37-39,41-44,46-49,51-52,58,61,65H,11,15-16,19-29,31-34H2,1-10H3/b14-12?,17-13+,36-18?,40-30+/t35-,37-,38-,39-,41-,42+,43+,44+,46-,47-,48+,49-,51-,52+,56-/m1/s1. The maximum absolute atomic E-state index is 14.5. The average Bonchev–Trinajstić information content (AvgIpc) is 3.36. The Balaban J connectivity index is 1.71.